The zero-order valence-electron chi connectivity index (χ0n) is 14.8. The van der Waals surface area contributed by atoms with Crippen molar-refractivity contribution in [3.05, 3.63) is 83.4 Å². The van der Waals surface area contributed by atoms with E-state index >= 15 is 0 Å². The van der Waals surface area contributed by atoms with Crippen LogP contribution in [0.3, 0.4) is 0 Å². The van der Waals surface area contributed by atoms with Crippen LogP contribution < -0.4 is 5.32 Å². The third-order valence-electron chi connectivity index (χ3n) is 4.57. The van der Waals surface area contributed by atoms with Gasteiger partial charge in [0.2, 0.25) is 0 Å². The van der Waals surface area contributed by atoms with E-state index in [0.29, 0.717) is 0 Å². The van der Waals surface area contributed by atoms with Crippen LogP contribution in [-0.2, 0) is 6.54 Å². The molecule has 24 heavy (non-hydrogen) atoms. The Bertz CT molecular complexity index is 833. The van der Waals surface area contributed by atoms with Crippen LogP contribution in [0.4, 0.5) is 0 Å². The van der Waals surface area contributed by atoms with Gasteiger partial charge >= 0.3 is 0 Å². The van der Waals surface area contributed by atoms with E-state index in [2.05, 4.69) is 92.8 Å². The van der Waals surface area contributed by atoms with Crippen molar-refractivity contribution >= 4 is 0 Å². The van der Waals surface area contributed by atoms with Gasteiger partial charge in [-0.2, -0.15) is 0 Å². The van der Waals surface area contributed by atoms with Gasteiger partial charge in [0, 0.05) is 6.54 Å². The maximum absolute atomic E-state index is 3.49. The van der Waals surface area contributed by atoms with Crippen molar-refractivity contribution in [1.29, 1.82) is 0 Å². The maximum atomic E-state index is 3.49. The van der Waals surface area contributed by atoms with Crippen molar-refractivity contribution in [2.24, 2.45) is 0 Å². The van der Waals surface area contributed by atoms with Gasteiger partial charge in [0.05, 0.1) is 0 Å². The Morgan fingerprint density at radius 1 is 0.667 bits per heavy atom. The lowest BCUT2D eigenvalue weighted by Gasteiger charge is -2.19. The first kappa shape index (κ1) is 16.5. The molecule has 0 atom stereocenters. The quantitative estimate of drug-likeness (QED) is 0.632. The summed E-state index contributed by atoms with van der Waals surface area (Å²) >= 11 is 0. The summed E-state index contributed by atoms with van der Waals surface area (Å²) in [5.74, 6) is 0. The third kappa shape index (κ3) is 3.27. The van der Waals surface area contributed by atoms with Crippen molar-refractivity contribution in [2.45, 2.75) is 27.3 Å². The molecule has 0 aliphatic heterocycles. The van der Waals surface area contributed by atoms with Crippen molar-refractivity contribution in [1.82, 2.24) is 5.32 Å². The van der Waals surface area contributed by atoms with Crippen LogP contribution in [0, 0.1) is 13.8 Å². The molecule has 122 valence electrons. The highest BCUT2D eigenvalue weighted by molar-refractivity contribution is 5.88. The fourth-order valence-electron chi connectivity index (χ4n) is 3.28. The number of nitrogens with one attached hydrogen (secondary N) is 1. The summed E-state index contributed by atoms with van der Waals surface area (Å²) in [5.41, 5.74) is 9.29. The fraction of sp³-hybridized carbons (Fsp3) is 0.217. The molecule has 3 rings (SSSR count). The van der Waals surface area contributed by atoms with Crippen molar-refractivity contribution in [2.75, 3.05) is 6.54 Å². The summed E-state index contributed by atoms with van der Waals surface area (Å²) in [6, 6.07) is 24.0. The molecule has 0 aliphatic rings. The van der Waals surface area contributed by atoms with E-state index < -0.39 is 0 Å². The van der Waals surface area contributed by atoms with E-state index in [1.165, 1.54) is 38.9 Å². The number of hydrogen-bond acceptors (Lipinski definition) is 1. The first-order valence-corrected chi connectivity index (χ1v) is 8.67. The molecular formula is C23H25N. The van der Waals surface area contributed by atoms with Crippen molar-refractivity contribution < 1.29 is 0 Å². The fourth-order valence-corrected chi connectivity index (χ4v) is 3.28. The van der Waals surface area contributed by atoms with Crippen LogP contribution in [0.5, 0.6) is 0 Å². The number of aryl methyl sites for hydroxylation is 2. The highest BCUT2D eigenvalue weighted by atomic mass is 14.8. The predicted molar refractivity (Wildman–Crippen MR) is 104 cm³/mol. The van der Waals surface area contributed by atoms with E-state index in [0.717, 1.165) is 13.1 Å². The van der Waals surface area contributed by atoms with Gasteiger partial charge in [-0.25, -0.2) is 0 Å². The second-order valence-corrected chi connectivity index (χ2v) is 6.25. The maximum Gasteiger partial charge on any atom is 0.0211 e. The van der Waals surface area contributed by atoms with E-state index in [-0.39, 0.29) is 0 Å². The molecule has 0 radical (unpaired) electrons. The zero-order chi connectivity index (χ0) is 16.9. The molecule has 0 amide bonds. The molecular weight excluding hydrogens is 290 g/mol. The van der Waals surface area contributed by atoms with Gasteiger partial charge in [-0.15, -0.1) is 0 Å². The highest BCUT2D eigenvalue weighted by Gasteiger charge is 2.14. The minimum atomic E-state index is 0.889. The molecule has 3 aromatic carbocycles. The third-order valence-corrected chi connectivity index (χ3v) is 4.57. The summed E-state index contributed by atoms with van der Waals surface area (Å²) in [6.45, 7) is 8.40. The average Bonchev–Trinajstić information content (AvgIpc) is 2.61. The molecule has 0 bridgehead atoms. The lowest BCUT2D eigenvalue weighted by molar-refractivity contribution is 0.728. The second kappa shape index (κ2) is 7.46. The van der Waals surface area contributed by atoms with Gasteiger partial charge in [0.25, 0.3) is 0 Å². The zero-order valence-corrected chi connectivity index (χ0v) is 14.8. The Balaban J connectivity index is 2.26. The molecule has 0 aliphatic carbocycles. The monoisotopic (exact) mass is 315 g/mol. The molecule has 0 unspecified atom stereocenters. The Morgan fingerprint density at radius 2 is 1.25 bits per heavy atom. The molecule has 1 heteroatoms. The average molecular weight is 315 g/mol. The van der Waals surface area contributed by atoms with Gasteiger partial charge < -0.3 is 5.32 Å². The molecule has 0 fully saturated rings. The van der Waals surface area contributed by atoms with Crippen molar-refractivity contribution in [3.8, 4) is 22.3 Å². The van der Waals surface area contributed by atoms with Crippen molar-refractivity contribution in [3.63, 3.8) is 0 Å². The molecule has 0 saturated heterocycles. The molecule has 0 heterocycles. The van der Waals surface area contributed by atoms with Crippen LogP contribution >= 0.6 is 0 Å². The highest BCUT2D eigenvalue weighted by Crippen LogP contribution is 2.37. The van der Waals surface area contributed by atoms with Crippen LogP contribution in [0.2, 0.25) is 0 Å². The van der Waals surface area contributed by atoms with Gasteiger partial charge in [0.1, 0.15) is 0 Å². The topological polar surface area (TPSA) is 12.0 Å². The minimum absolute atomic E-state index is 0.889. The summed E-state index contributed by atoms with van der Waals surface area (Å²) in [4.78, 5) is 0. The standard InChI is InChI=1S/C23H25N/c1-4-24-16-19-12-9-15-22(20-13-7-5-10-17(20)2)23(19)21-14-8-6-11-18(21)3/h5-15,24H,4,16H2,1-3H3. The SMILES string of the molecule is CCNCc1cccc(-c2ccccc2C)c1-c1ccccc1C. The largest absolute Gasteiger partial charge is 0.313 e. The Kier molecular flexibility index (Phi) is 5.12. The Labute approximate surface area is 145 Å². The van der Waals surface area contributed by atoms with E-state index in [1.807, 2.05) is 0 Å². The molecule has 1 N–H and O–H groups in total. The van der Waals surface area contributed by atoms with Crippen LogP contribution in [-0.4, -0.2) is 6.54 Å². The van der Waals surface area contributed by atoms with E-state index in [1.54, 1.807) is 0 Å². The molecule has 0 spiro atoms. The van der Waals surface area contributed by atoms with Crippen LogP contribution in [0.25, 0.3) is 22.3 Å². The summed E-state index contributed by atoms with van der Waals surface area (Å²) < 4.78 is 0. The molecule has 3 aromatic rings. The van der Waals surface area contributed by atoms with Gasteiger partial charge in [-0.1, -0.05) is 73.7 Å². The molecule has 1 nitrogen and oxygen atoms in total. The normalized spacial score (nSPS) is 10.8. The van der Waals surface area contributed by atoms with Crippen LogP contribution in [0.1, 0.15) is 23.6 Å². The molecule has 0 aromatic heterocycles. The summed E-state index contributed by atoms with van der Waals surface area (Å²) in [5, 5.41) is 3.49. The van der Waals surface area contributed by atoms with E-state index in [9.17, 15) is 0 Å². The van der Waals surface area contributed by atoms with Crippen LogP contribution in [0.15, 0.2) is 66.7 Å². The second-order valence-electron chi connectivity index (χ2n) is 6.25. The number of hydrogen-bond donors (Lipinski definition) is 1. The number of benzene rings is 3. The van der Waals surface area contributed by atoms with E-state index in [4.69, 9.17) is 0 Å². The minimum Gasteiger partial charge on any atom is -0.313 e. The summed E-state index contributed by atoms with van der Waals surface area (Å²) in [6.07, 6.45) is 0. The lowest BCUT2D eigenvalue weighted by Crippen LogP contribution is -2.13. The van der Waals surface area contributed by atoms with Gasteiger partial charge in [-0.05, 0) is 59.3 Å². The summed E-state index contributed by atoms with van der Waals surface area (Å²) in [7, 11) is 0. The molecule has 0 saturated carbocycles. The van der Waals surface area contributed by atoms with Gasteiger partial charge in [0.15, 0.2) is 0 Å². The Hall–Kier alpha value is -2.38. The lowest BCUT2D eigenvalue weighted by atomic mass is 9.87. The number of rotatable bonds is 5. The first-order chi connectivity index (χ1) is 11.7. The Morgan fingerprint density at radius 3 is 1.88 bits per heavy atom. The first-order valence-electron chi connectivity index (χ1n) is 8.67. The van der Waals surface area contributed by atoms with Gasteiger partial charge in [-0.3, -0.25) is 0 Å². The predicted octanol–water partition coefficient (Wildman–Crippen LogP) is 5.75. The smallest absolute Gasteiger partial charge is 0.0211 e.